The fourth-order valence-corrected chi connectivity index (χ4v) is 9.17. The van der Waals surface area contributed by atoms with Gasteiger partial charge in [0.2, 0.25) is 0 Å². The number of rotatable bonds is 5. The van der Waals surface area contributed by atoms with Crippen molar-refractivity contribution in [2.24, 2.45) is 58.2 Å². The highest BCUT2D eigenvalue weighted by Crippen LogP contribution is 2.68. The van der Waals surface area contributed by atoms with Crippen LogP contribution in [0.3, 0.4) is 0 Å². The quantitative estimate of drug-likeness (QED) is 0.318. The van der Waals surface area contributed by atoms with Gasteiger partial charge in [-0.05, 0) is 116 Å². The van der Waals surface area contributed by atoms with E-state index in [9.17, 15) is 4.79 Å². The average molecular weight is 443 g/mol. The van der Waals surface area contributed by atoms with Gasteiger partial charge >= 0.3 is 5.97 Å². The van der Waals surface area contributed by atoms with Gasteiger partial charge in [-0.1, -0.05) is 53.7 Å². The summed E-state index contributed by atoms with van der Waals surface area (Å²) in [6, 6.07) is 0. The SMILES string of the molecule is CC(=O)O[C@H]1CC[C@@]2(C)[C@@H](CC[C@@H]3[C@@H]2CC[C@]2(C)[C@@H]([C@H](C)/C=C/[C@H](C)C(C)C)CC[C@@H]32)C1. The number of esters is 1. The van der Waals surface area contributed by atoms with Gasteiger partial charge in [-0.15, -0.1) is 0 Å². The van der Waals surface area contributed by atoms with Crippen LogP contribution in [0.25, 0.3) is 0 Å². The second-order valence-corrected chi connectivity index (χ2v) is 13.2. The minimum atomic E-state index is -0.0938. The lowest BCUT2D eigenvalue weighted by Crippen LogP contribution is -2.54. The van der Waals surface area contributed by atoms with E-state index >= 15 is 0 Å². The molecule has 0 aromatic carbocycles. The van der Waals surface area contributed by atoms with Crippen LogP contribution in [0.1, 0.15) is 106 Å². The monoisotopic (exact) mass is 442 g/mol. The van der Waals surface area contributed by atoms with E-state index < -0.39 is 0 Å². The van der Waals surface area contributed by atoms with Crippen LogP contribution in [0, 0.1) is 58.2 Å². The molecule has 0 N–H and O–H groups in total. The Morgan fingerprint density at radius 3 is 2.25 bits per heavy atom. The first-order valence-corrected chi connectivity index (χ1v) is 13.9. The third kappa shape index (κ3) is 4.22. The Balaban J connectivity index is 1.46. The zero-order valence-corrected chi connectivity index (χ0v) is 22.0. The molecule has 4 fully saturated rings. The molecule has 0 spiro atoms. The molecular formula is C30H50O2. The van der Waals surface area contributed by atoms with Crippen molar-refractivity contribution >= 4 is 5.97 Å². The summed E-state index contributed by atoms with van der Waals surface area (Å²) in [5, 5.41) is 0. The summed E-state index contributed by atoms with van der Waals surface area (Å²) < 4.78 is 5.66. The van der Waals surface area contributed by atoms with Gasteiger partial charge in [0.15, 0.2) is 0 Å². The predicted octanol–water partition coefficient (Wildman–Crippen LogP) is 8.06. The van der Waals surface area contributed by atoms with E-state index in [0.717, 1.165) is 48.3 Å². The van der Waals surface area contributed by atoms with E-state index in [0.29, 0.717) is 22.7 Å². The smallest absolute Gasteiger partial charge is 0.302 e. The molecule has 4 saturated carbocycles. The summed E-state index contributed by atoms with van der Waals surface area (Å²) in [7, 11) is 0. The van der Waals surface area contributed by atoms with Crippen molar-refractivity contribution in [3.63, 3.8) is 0 Å². The molecule has 182 valence electrons. The second-order valence-electron chi connectivity index (χ2n) is 13.2. The molecule has 4 aliphatic carbocycles. The first kappa shape index (κ1) is 24.3. The Labute approximate surface area is 198 Å². The van der Waals surface area contributed by atoms with E-state index in [2.05, 4.69) is 53.7 Å². The van der Waals surface area contributed by atoms with Crippen LogP contribution in [0.2, 0.25) is 0 Å². The van der Waals surface area contributed by atoms with Crippen molar-refractivity contribution in [1.82, 2.24) is 0 Å². The molecular weight excluding hydrogens is 392 g/mol. The number of carbonyl (C=O) groups is 1. The second kappa shape index (κ2) is 9.10. The van der Waals surface area contributed by atoms with Gasteiger partial charge in [0, 0.05) is 6.92 Å². The van der Waals surface area contributed by atoms with Crippen LogP contribution in [0.4, 0.5) is 0 Å². The fourth-order valence-electron chi connectivity index (χ4n) is 9.17. The maximum atomic E-state index is 11.5. The fraction of sp³-hybridized carbons (Fsp3) is 0.900. The minimum absolute atomic E-state index is 0.0938. The first-order valence-electron chi connectivity index (χ1n) is 13.9. The van der Waals surface area contributed by atoms with E-state index in [1.54, 1.807) is 6.92 Å². The Morgan fingerprint density at radius 2 is 1.56 bits per heavy atom. The number of carbonyl (C=O) groups excluding carboxylic acids is 1. The lowest BCUT2D eigenvalue weighted by Gasteiger charge is -2.61. The first-order chi connectivity index (χ1) is 15.1. The van der Waals surface area contributed by atoms with Gasteiger partial charge in [-0.2, -0.15) is 0 Å². The zero-order valence-electron chi connectivity index (χ0n) is 22.0. The van der Waals surface area contributed by atoms with Gasteiger partial charge in [0.25, 0.3) is 0 Å². The Morgan fingerprint density at radius 1 is 0.875 bits per heavy atom. The summed E-state index contributed by atoms with van der Waals surface area (Å²) in [6.45, 7) is 16.4. The Bertz CT molecular complexity index is 710. The van der Waals surface area contributed by atoms with Crippen molar-refractivity contribution in [2.75, 3.05) is 0 Å². The van der Waals surface area contributed by atoms with Gasteiger partial charge < -0.3 is 4.74 Å². The molecule has 2 heteroatoms. The van der Waals surface area contributed by atoms with Crippen LogP contribution in [-0.4, -0.2) is 12.1 Å². The van der Waals surface area contributed by atoms with Gasteiger partial charge in [0.1, 0.15) is 6.10 Å². The van der Waals surface area contributed by atoms with Crippen molar-refractivity contribution in [3.8, 4) is 0 Å². The van der Waals surface area contributed by atoms with Crippen molar-refractivity contribution in [1.29, 1.82) is 0 Å². The summed E-state index contributed by atoms with van der Waals surface area (Å²) >= 11 is 0. The summed E-state index contributed by atoms with van der Waals surface area (Å²) in [4.78, 5) is 11.5. The van der Waals surface area contributed by atoms with Crippen LogP contribution < -0.4 is 0 Å². The molecule has 32 heavy (non-hydrogen) atoms. The molecule has 0 aromatic heterocycles. The Hall–Kier alpha value is -0.790. The lowest BCUT2D eigenvalue weighted by atomic mass is 9.44. The third-order valence-corrected chi connectivity index (χ3v) is 11.4. The average Bonchev–Trinajstić information content (AvgIpc) is 3.08. The largest absolute Gasteiger partial charge is 0.463 e. The van der Waals surface area contributed by atoms with E-state index in [1.165, 1.54) is 44.9 Å². The van der Waals surface area contributed by atoms with Gasteiger partial charge in [-0.3, -0.25) is 4.79 Å². The number of allylic oxidation sites excluding steroid dienone is 2. The molecule has 2 nitrogen and oxygen atoms in total. The highest BCUT2D eigenvalue weighted by molar-refractivity contribution is 5.66. The maximum absolute atomic E-state index is 11.5. The predicted molar refractivity (Wildman–Crippen MR) is 133 cm³/mol. The summed E-state index contributed by atoms with van der Waals surface area (Å²) in [5.74, 6) is 6.37. The highest BCUT2D eigenvalue weighted by Gasteiger charge is 2.60. The molecule has 0 aliphatic heterocycles. The summed E-state index contributed by atoms with van der Waals surface area (Å²) in [6.07, 6.45) is 17.2. The topological polar surface area (TPSA) is 26.3 Å². The number of hydrogen-bond donors (Lipinski definition) is 0. The molecule has 0 saturated heterocycles. The normalized spacial score (nSPS) is 45.8. The van der Waals surface area contributed by atoms with Crippen molar-refractivity contribution in [2.45, 2.75) is 112 Å². The zero-order chi connectivity index (χ0) is 23.3. The Kier molecular flexibility index (Phi) is 6.92. The molecule has 4 aliphatic rings. The molecule has 0 aromatic rings. The highest BCUT2D eigenvalue weighted by atomic mass is 16.5. The maximum Gasteiger partial charge on any atom is 0.302 e. The lowest BCUT2D eigenvalue weighted by molar-refractivity contribution is -0.160. The van der Waals surface area contributed by atoms with Gasteiger partial charge in [-0.25, -0.2) is 0 Å². The molecule has 0 amide bonds. The van der Waals surface area contributed by atoms with Gasteiger partial charge in [0.05, 0.1) is 0 Å². The van der Waals surface area contributed by atoms with Crippen LogP contribution in [-0.2, 0) is 9.53 Å². The standard InChI is InChI=1S/C30H50O2/c1-19(2)20(3)8-9-21(4)26-12-13-27-25-11-10-23-18-24(32-22(5)31)14-16-29(23,6)28(25)15-17-30(26,27)7/h8-9,19-21,23-28H,10-18H2,1-7H3/b9-8+/t20-,21+,23-,24-,25-,26+,27-,28-,29-,30+/m0/s1. The van der Waals surface area contributed by atoms with E-state index in [-0.39, 0.29) is 12.1 Å². The van der Waals surface area contributed by atoms with Crippen LogP contribution in [0.15, 0.2) is 12.2 Å². The molecule has 0 radical (unpaired) electrons. The number of hydrogen-bond acceptors (Lipinski definition) is 2. The van der Waals surface area contributed by atoms with Crippen LogP contribution in [0.5, 0.6) is 0 Å². The molecule has 10 atom stereocenters. The van der Waals surface area contributed by atoms with E-state index in [4.69, 9.17) is 4.74 Å². The molecule has 0 bridgehead atoms. The summed E-state index contributed by atoms with van der Waals surface area (Å²) in [5.41, 5.74) is 1.00. The van der Waals surface area contributed by atoms with E-state index in [1.807, 2.05) is 0 Å². The molecule has 0 heterocycles. The minimum Gasteiger partial charge on any atom is -0.463 e. The third-order valence-electron chi connectivity index (χ3n) is 11.4. The number of fused-ring (bicyclic) bond motifs is 5. The van der Waals surface area contributed by atoms with Crippen molar-refractivity contribution < 1.29 is 9.53 Å². The van der Waals surface area contributed by atoms with Crippen LogP contribution >= 0.6 is 0 Å². The molecule has 4 rings (SSSR count). The van der Waals surface area contributed by atoms with Crippen molar-refractivity contribution in [3.05, 3.63) is 12.2 Å². The molecule has 0 unspecified atom stereocenters. The number of ether oxygens (including phenoxy) is 1.